The van der Waals surface area contributed by atoms with Gasteiger partial charge in [-0.15, -0.1) is 0 Å². The van der Waals surface area contributed by atoms with Crippen LogP contribution in [0.15, 0.2) is 18.2 Å². The Kier molecular flexibility index (Phi) is 7.10. The molecule has 1 aromatic carbocycles. The van der Waals surface area contributed by atoms with Gasteiger partial charge in [-0.25, -0.2) is 0 Å². The Hall–Kier alpha value is -2.25. The van der Waals surface area contributed by atoms with Crippen LogP contribution in [0, 0.1) is 0 Å². The second-order valence-corrected chi connectivity index (χ2v) is 7.14. The third kappa shape index (κ3) is 6.45. The molecule has 0 aliphatic heterocycles. The first-order valence-corrected chi connectivity index (χ1v) is 9.22. The van der Waals surface area contributed by atoms with Crippen molar-refractivity contribution in [3.63, 3.8) is 0 Å². The summed E-state index contributed by atoms with van der Waals surface area (Å²) in [4.78, 5) is 24.4. The number of amides is 2. The maximum atomic E-state index is 13.0. The maximum Gasteiger partial charge on any atom is 0.416 e. The highest BCUT2D eigenvalue weighted by Gasteiger charge is 2.32. The molecule has 1 aliphatic carbocycles. The smallest absolute Gasteiger partial charge is 0.382 e. The molecule has 0 unspecified atom stereocenters. The molecule has 2 amide bonds. The fourth-order valence-electron chi connectivity index (χ4n) is 3.13. The predicted molar refractivity (Wildman–Crippen MR) is 97.6 cm³/mol. The summed E-state index contributed by atoms with van der Waals surface area (Å²) in [5, 5.41) is 8.24. The lowest BCUT2D eigenvalue weighted by molar-refractivity contribution is -0.137. The number of carbonyl (C=O) groups is 2. The van der Waals surface area contributed by atoms with Crippen molar-refractivity contribution in [1.29, 1.82) is 0 Å². The van der Waals surface area contributed by atoms with Gasteiger partial charge in [0.2, 0.25) is 5.91 Å². The minimum atomic E-state index is -4.55. The first-order valence-electron chi connectivity index (χ1n) is 9.22. The van der Waals surface area contributed by atoms with Crippen LogP contribution in [0.25, 0.3) is 0 Å². The van der Waals surface area contributed by atoms with Gasteiger partial charge in [0.05, 0.1) is 17.7 Å². The molecule has 27 heavy (non-hydrogen) atoms. The average Bonchev–Trinajstić information content (AvgIpc) is 2.59. The minimum absolute atomic E-state index is 0.0668. The summed E-state index contributed by atoms with van der Waals surface area (Å²) in [5.41, 5.74) is -0.749. The van der Waals surface area contributed by atoms with Crippen molar-refractivity contribution >= 4 is 17.5 Å². The molecule has 0 heterocycles. The summed E-state index contributed by atoms with van der Waals surface area (Å²) >= 11 is 0. The van der Waals surface area contributed by atoms with Crippen molar-refractivity contribution in [2.24, 2.45) is 0 Å². The SMILES string of the molecule is CC(C)Nc1ccc(C(F)(F)F)cc1C(=O)NCC(=O)NC1CCCCC1. The second-order valence-electron chi connectivity index (χ2n) is 7.14. The molecule has 1 saturated carbocycles. The molecular weight excluding hydrogens is 359 g/mol. The van der Waals surface area contributed by atoms with Crippen molar-refractivity contribution in [3.8, 4) is 0 Å². The Balaban J connectivity index is 2.05. The van der Waals surface area contributed by atoms with Crippen LogP contribution >= 0.6 is 0 Å². The molecule has 0 saturated heterocycles. The van der Waals surface area contributed by atoms with Crippen LogP contribution in [0.2, 0.25) is 0 Å². The summed E-state index contributed by atoms with van der Waals surface area (Å²) in [6, 6.07) is 3.01. The highest BCUT2D eigenvalue weighted by atomic mass is 19.4. The molecule has 0 aromatic heterocycles. The van der Waals surface area contributed by atoms with E-state index in [0.29, 0.717) is 5.69 Å². The van der Waals surface area contributed by atoms with Crippen LogP contribution < -0.4 is 16.0 Å². The van der Waals surface area contributed by atoms with E-state index >= 15 is 0 Å². The monoisotopic (exact) mass is 385 g/mol. The van der Waals surface area contributed by atoms with Crippen LogP contribution in [0.5, 0.6) is 0 Å². The summed E-state index contributed by atoms with van der Waals surface area (Å²) < 4.78 is 39.0. The molecule has 0 spiro atoms. The number of hydrogen-bond donors (Lipinski definition) is 3. The quantitative estimate of drug-likeness (QED) is 0.699. The van der Waals surface area contributed by atoms with Crippen LogP contribution in [0.3, 0.4) is 0 Å². The number of nitrogens with one attached hydrogen (secondary N) is 3. The maximum absolute atomic E-state index is 13.0. The van der Waals surface area contributed by atoms with E-state index in [-0.39, 0.29) is 30.1 Å². The third-order valence-corrected chi connectivity index (χ3v) is 4.42. The van der Waals surface area contributed by atoms with Gasteiger partial charge in [-0.3, -0.25) is 9.59 Å². The Morgan fingerprint density at radius 3 is 2.41 bits per heavy atom. The van der Waals surface area contributed by atoms with Gasteiger partial charge in [0.1, 0.15) is 0 Å². The fraction of sp³-hybridized carbons (Fsp3) is 0.579. The van der Waals surface area contributed by atoms with Crippen molar-refractivity contribution in [2.75, 3.05) is 11.9 Å². The molecule has 8 heteroatoms. The van der Waals surface area contributed by atoms with Gasteiger partial charge in [0.15, 0.2) is 0 Å². The summed E-state index contributed by atoms with van der Waals surface area (Å²) in [7, 11) is 0. The molecule has 0 atom stereocenters. The molecule has 0 bridgehead atoms. The molecule has 1 aliphatic rings. The number of benzene rings is 1. The van der Waals surface area contributed by atoms with Crippen molar-refractivity contribution in [2.45, 2.75) is 64.2 Å². The lowest BCUT2D eigenvalue weighted by Crippen LogP contribution is -2.42. The van der Waals surface area contributed by atoms with E-state index in [4.69, 9.17) is 0 Å². The van der Waals surface area contributed by atoms with Gasteiger partial charge in [-0.2, -0.15) is 13.2 Å². The molecular formula is C19H26F3N3O2. The number of rotatable bonds is 6. The van der Waals surface area contributed by atoms with Crippen LogP contribution in [-0.2, 0) is 11.0 Å². The van der Waals surface area contributed by atoms with Crippen molar-refractivity contribution in [1.82, 2.24) is 10.6 Å². The highest BCUT2D eigenvalue weighted by molar-refractivity contribution is 6.01. The first kappa shape index (κ1) is 21.1. The van der Waals surface area contributed by atoms with Gasteiger partial charge in [0, 0.05) is 17.8 Å². The van der Waals surface area contributed by atoms with E-state index in [1.54, 1.807) is 0 Å². The number of anilines is 1. The molecule has 2 rings (SSSR count). The number of carbonyl (C=O) groups excluding carboxylic acids is 2. The van der Waals surface area contributed by atoms with Crippen LogP contribution in [0.1, 0.15) is 61.9 Å². The Labute approximate surface area is 157 Å². The Morgan fingerprint density at radius 2 is 1.81 bits per heavy atom. The van der Waals surface area contributed by atoms with Gasteiger partial charge < -0.3 is 16.0 Å². The predicted octanol–water partition coefficient (Wildman–Crippen LogP) is 3.70. The second kappa shape index (κ2) is 9.10. The zero-order valence-electron chi connectivity index (χ0n) is 15.6. The molecule has 5 nitrogen and oxygen atoms in total. The molecule has 150 valence electrons. The Morgan fingerprint density at radius 1 is 1.15 bits per heavy atom. The van der Waals surface area contributed by atoms with E-state index in [2.05, 4.69) is 16.0 Å². The zero-order chi connectivity index (χ0) is 20.0. The van der Waals surface area contributed by atoms with E-state index in [9.17, 15) is 22.8 Å². The van der Waals surface area contributed by atoms with Gasteiger partial charge >= 0.3 is 6.18 Å². The fourth-order valence-corrected chi connectivity index (χ4v) is 3.13. The average molecular weight is 385 g/mol. The minimum Gasteiger partial charge on any atom is -0.382 e. The van der Waals surface area contributed by atoms with Gasteiger partial charge in [0.25, 0.3) is 5.91 Å². The molecule has 1 fully saturated rings. The lowest BCUT2D eigenvalue weighted by atomic mass is 9.95. The normalized spacial score (nSPS) is 15.5. The van der Waals surface area contributed by atoms with E-state index in [1.807, 2.05) is 13.8 Å². The van der Waals surface area contributed by atoms with Crippen LogP contribution in [0.4, 0.5) is 18.9 Å². The standard InChI is InChI=1S/C19H26F3N3O2/c1-12(2)24-16-9-8-13(19(20,21)22)10-15(16)18(27)23-11-17(26)25-14-6-4-3-5-7-14/h8-10,12,14,24H,3-7,11H2,1-2H3,(H,23,27)(H,25,26). The topological polar surface area (TPSA) is 70.2 Å². The van der Waals surface area contributed by atoms with Gasteiger partial charge in [-0.1, -0.05) is 19.3 Å². The number of hydrogen-bond acceptors (Lipinski definition) is 3. The largest absolute Gasteiger partial charge is 0.416 e. The molecule has 1 aromatic rings. The number of alkyl halides is 3. The van der Waals surface area contributed by atoms with Crippen molar-refractivity contribution < 1.29 is 22.8 Å². The first-order chi connectivity index (χ1) is 12.7. The molecule has 3 N–H and O–H groups in total. The van der Waals surface area contributed by atoms with Crippen LogP contribution in [-0.4, -0.2) is 30.4 Å². The summed E-state index contributed by atoms with van der Waals surface area (Å²) in [5.74, 6) is -1.05. The summed E-state index contributed by atoms with van der Waals surface area (Å²) in [6.45, 7) is 3.36. The van der Waals surface area contributed by atoms with E-state index in [1.165, 1.54) is 6.07 Å². The van der Waals surface area contributed by atoms with E-state index < -0.39 is 17.6 Å². The summed E-state index contributed by atoms with van der Waals surface area (Å²) in [6.07, 6.45) is 0.553. The Bertz CT molecular complexity index is 669. The third-order valence-electron chi connectivity index (χ3n) is 4.42. The molecule has 0 radical (unpaired) electrons. The van der Waals surface area contributed by atoms with Crippen molar-refractivity contribution in [3.05, 3.63) is 29.3 Å². The van der Waals surface area contributed by atoms with E-state index in [0.717, 1.165) is 44.2 Å². The highest BCUT2D eigenvalue weighted by Crippen LogP contribution is 2.32. The lowest BCUT2D eigenvalue weighted by Gasteiger charge is -2.23. The number of halogens is 3. The zero-order valence-corrected chi connectivity index (χ0v) is 15.6. The van der Waals surface area contributed by atoms with Gasteiger partial charge in [-0.05, 0) is 44.9 Å².